The van der Waals surface area contributed by atoms with Crippen molar-refractivity contribution in [3.05, 3.63) is 35.6 Å². The molecule has 1 aromatic heterocycles. The second-order valence-corrected chi connectivity index (χ2v) is 6.10. The molecule has 1 fully saturated rings. The smallest absolute Gasteiger partial charge is 0.416 e. The molecule has 0 bridgehead atoms. The lowest BCUT2D eigenvalue weighted by atomic mass is 10.00. The fourth-order valence-electron chi connectivity index (χ4n) is 3.16. The number of hydrogen-bond acceptors (Lipinski definition) is 4. The van der Waals surface area contributed by atoms with Gasteiger partial charge in [0.25, 0.3) is 0 Å². The zero-order valence-electron chi connectivity index (χ0n) is 13.4. The molecule has 7 heteroatoms. The molecular formula is C17H19F3N2O2. The minimum absolute atomic E-state index is 0.0293. The maximum Gasteiger partial charge on any atom is 0.416 e. The van der Waals surface area contributed by atoms with Crippen LogP contribution in [0.4, 0.5) is 19.1 Å². The minimum atomic E-state index is -4.44. The van der Waals surface area contributed by atoms with Gasteiger partial charge < -0.3 is 19.7 Å². The van der Waals surface area contributed by atoms with Crippen molar-refractivity contribution >= 4 is 5.88 Å². The van der Waals surface area contributed by atoms with Crippen molar-refractivity contribution in [2.45, 2.75) is 18.5 Å². The van der Waals surface area contributed by atoms with Crippen molar-refractivity contribution in [1.29, 1.82) is 0 Å². The standard InChI is InChI=1S/C17H19F3N2O2/c1-21-16-13(10-4-3-5-12(8-10)17(18,19)20)14(23)15(24-16)11-6-7-22(2)9-11/h3-5,8,11,21,23H,6-7,9H2,1-2H3. The Morgan fingerprint density at radius 1 is 1.33 bits per heavy atom. The first-order chi connectivity index (χ1) is 11.3. The Labute approximate surface area is 137 Å². The van der Waals surface area contributed by atoms with Gasteiger partial charge in [-0.3, -0.25) is 0 Å². The van der Waals surface area contributed by atoms with Crippen molar-refractivity contribution in [2.75, 3.05) is 32.5 Å². The Balaban J connectivity index is 2.06. The SMILES string of the molecule is CNc1oc(C2CCN(C)C2)c(O)c1-c1cccc(C(F)(F)F)c1. The Bertz CT molecular complexity index is 740. The van der Waals surface area contributed by atoms with E-state index in [-0.39, 0.29) is 28.7 Å². The van der Waals surface area contributed by atoms with E-state index in [0.717, 1.165) is 31.6 Å². The third-order valence-electron chi connectivity index (χ3n) is 4.38. The lowest BCUT2D eigenvalue weighted by molar-refractivity contribution is -0.137. The number of nitrogens with one attached hydrogen (secondary N) is 1. The van der Waals surface area contributed by atoms with Crippen molar-refractivity contribution in [1.82, 2.24) is 4.90 Å². The van der Waals surface area contributed by atoms with Crippen LogP contribution in [0.25, 0.3) is 11.1 Å². The van der Waals surface area contributed by atoms with Crippen molar-refractivity contribution < 1.29 is 22.7 Å². The number of halogens is 3. The molecule has 0 saturated carbocycles. The minimum Gasteiger partial charge on any atom is -0.504 e. The van der Waals surface area contributed by atoms with Gasteiger partial charge in [-0.1, -0.05) is 12.1 Å². The van der Waals surface area contributed by atoms with Crippen LogP contribution >= 0.6 is 0 Å². The van der Waals surface area contributed by atoms with Gasteiger partial charge in [-0.15, -0.1) is 0 Å². The van der Waals surface area contributed by atoms with Gasteiger partial charge in [-0.05, 0) is 37.7 Å². The average Bonchev–Trinajstić information content (AvgIpc) is 3.09. The third kappa shape index (κ3) is 2.96. The number of anilines is 1. The lowest BCUT2D eigenvalue weighted by Gasteiger charge is -2.09. The molecule has 1 atom stereocenters. The summed E-state index contributed by atoms with van der Waals surface area (Å²) in [6, 6.07) is 4.89. The summed E-state index contributed by atoms with van der Waals surface area (Å²) in [5.74, 6) is 0.646. The Morgan fingerprint density at radius 3 is 2.67 bits per heavy atom. The molecule has 130 valence electrons. The van der Waals surface area contributed by atoms with Crippen LogP contribution in [-0.4, -0.2) is 37.2 Å². The second kappa shape index (κ2) is 6.05. The van der Waals surface area contributed by atoms with E-state index < -0.39 is 11.7 Å². The molecule has 24 heavy (non-hydrogen) atoms. The zero-order chi connectivity index (χ0) is 17.5. The molecule has 1 aliphatic rings. The summed E-state index contributed by atoms with van der Waals surface area (Å²) < 4.78 is 44.6. The summed E-state index contributed by atoms with van der Waals surface area (Å²) in [6.07, 6.45) is -3.60. The van der Waals surface area contributed by atoms with E-state index in [1.54, 1.807) is 7.05 Å². The molecule has 1 aliphatic heterocycles. The fourth-order valence-corrected chi connectivity index (χ4v) is 3.16. The van der Waals surface area contributed by atoms with E-state index in [1.165, 1.54) is 12.1 Å². The molecule has 0 aliphatic carbocycles. The Hall–Kier alpha value is -2.15. The first-order valence-corrected chi connectivity index (χ1v) is 7.71. The highest BCUT2D eigenvalue weighted by Gasteiger charge is 2.33. The monoisotopic (exact) mass is 340 g/mol. The number of benzene rings is 1. The number of alkyl halides is 3. The first-order valence-electron chi connectivity index (χ1n) is 7.71. The molecule has 0 spiro atoms. The van der Waals surface area contributed by atoms with Gasteiger partial charge in [0.2, 0.25) is 5.88 Å². The largest absolute Gasteiger partial charge is 0.504 e. The molecule has 1 aromatic carbocycles. The van der Waals surface area contributed by atoms with Gasteiger partial charge in [-0.2, -0.15) is 13.2 Å². The molecule has 0 amide bonds. The van der Waals surface area contributed by atoms with Gasteiger partial charge in [-0.25, -0.2) is 0 Å². The number of rotatable bonds is 3. The molecule has 1 unspecified atom stereocenters. The number of likely N-dealkylation sites (tertiary alicyclic amines) is 1. The molecule has 3 rings (SSSR count). The van der Waals surface area contributed by atoms with E-state index in [4.69, 9.17) is 4.42 Å². The highest BCUT2D eigenvalue weighted by atomic mass is 19.4. The van der Waals surface area contributed by atoms with Crippen LogP contribution in [0.2, 0.25) is 0 Å². The van der Waals surface area contributed by atoms with E-state index in [1.807, 2.05) is 7.05 Å². The maximum atomic E-state index is 13.0. The average molecular weight is 340 g/mol. The summed E-state index contributed by atoms with van der Waals surface area (Å²) in [4.78, 5) is 2.12. The van der Waals surface area contributed by atoms with Crippen LogP contribution in [0.3, 0.4) is 0 Å². The number of hydrogen-bond donors (Lipinski definition) is 2. The summed E-state index contributed by atoms with van der Waals surface area (Å²) >= 11 is 0. The second-order valence-electron chi connectivity index (χ2n) is 6.10. The van der Waals surface area contributed by atoms with Gasteiger partial charge in [0, 0.05) is 19.5 Å². The van der Waals surface area contributed by atoms with Crippen LogP contribution in [0, 0.1) is 0 Å². The number of aromatic hydroxyl groups is 1. The number of likely N-dealkylation sites (N-methyl/N-ethyl adjacent to an activating group) is 1. The van der Waals surface area contributed by atoms with E-state index in [2.05, 4.69) is 10.2 Å². The molecule has 4 nitrogen and oxygen atoms in total. The summed E-state index contributed by atoms with van der Waals surface area (Å²) in [6.45, 7) is 1.63. The maximum absolute atomic E-state index is 13.0. The van der Waals surface area contributed by atoms with Crippen molar-refractivity contribution in [3.8, 4) is 16.9 Å². The van der Waals surface area contributed by atoms with E-state index >= 15 is 0 Å². The lowest BCUT2D eigenvalue weighted by Crippen LogP contribution is -2.13. The summed E-state index contributed by atoms with van der Waals surface area (Å²) in [5.41, 5.74) is -0.217. The van der Waals surface area contributed by atoms with Crippen molar-refractivity contribution in [2.24, 2.45) is 0 Å². The quantitative estimate of drug-likeness (QED) is 0.882. The van der Waals surface area contributed by atoms with Gasteiger partial charge >= 0.3 is 6.18 Å². The Kier molecular flexibility index (Phi) is 4.21. The highest BCUT2D eigenvalue weighted by Crippen LogP contribution is 2.46. The van der Waals surface area contributed by atoms with E-state index in [9.17, 15) is 18.3 Å². The normalized spacial score (nSPS) is 19.0. The molecule has 0 radical (unpaired) electrons. The Morgan fingerprint density at radius 2 is 2.08 bits per heavy atom. The van der Waals surface area contributed by atoms with Gasteiger partial charge in [0.1, 0.15) is 0 Å². The van der Waals surface area contributed by atoms with Crippen molar-refractivity contribution in [3.63, 3.8) is 0 Å². The topological polar surface area (TPSA) is 48.6 Å². The summed E-state index contributed by atoms with van der Waals surface area (Å²) in [5, 5.41) is 13.4. The van der Waals surface area contributed by atoms with E-state index in [0.29, 0.717) is 5.76 Å². The molecule has 2 aromatic rings. The number of furan rings is 1. The van der Waals surface area contributed by atoms with Crippen LogP contribution in [0.1, 0.15) is 23.7 Å². The zero-order valence-corrected chi connectivity index (χ0v) is 13.4. The summed E-state index contributed by atoms with van der Waals surface area (Å²) in [7, 11) is 3.59. The molecule has 1 saturated heterocycles. The highest BCUT2D eigenvalue weighted by molar-refractivity contribution is 5.81. The van der Waals surface area contributed by atoms with Crippen LogP contribution < -0.4 is 5.32 Å². The predicted molar refractivity (Wildman–Crippen MR) is 85.2 cm³/mol. The number of nitrogens with zero attached hydrogens (tertiary/aromatic N) is 1. The van der Waals surface area contributed by atoms with Gasteiger partial charge in [0.05, 0.1) is 11.1 Å². The van der Waals surface area contributed by atoms with Crippen LogP contribution in [0.5, 0.6) is 5.75 Å². The molecule has 2 heterocycles. The fraction of sp³-hybridized carbons (Fsp3) is 0.412. The molecular weight excluding hydrogens is 321 g/mol. The first kappa shape index (κ1) is 16.7. The molecule has 2 N–H and O–H groups in total. The predicted octanol–water partition coefficient (Wildman–Crippen LogP) is 4.13. The van der Waals surface area contributed by atoms with Crippen LogP contribution in [-0.2, 0) is 6.18 Å². The van der Waals surface area contributed by atoms with Gasteiger partial charge in [0.15, 0.2) is 11.5 Å². The third-order valence-corrected chi connectivity index (χ3v) is 4.38. The van der Waals surface area contributed by atoms with Crippen LogP contribution in [0.15, 0.2) is 28.7 Å².